The third kappa shape index (κ3) is 5.06. The largest absolute Gasteiger partial charge is 0.480 e. The first-order valence-electron chi connectivity index (χ1n) is 6.81. The van der Waals surface area contributed by atoms with Gasteiger partial charge in [-0.15, -0.1) is 0 Å². The molecule has 19 heavy (non-hydrogen) atoms. The van der Waals surface area contributed by atoms with Crippen LogP contribution in [0.4, 0.5) is 4.79 Å². The van der Waals surface area contributed by atoms with Gasteiger partial charge < -0.3 is 20.1 Å². The van der Waals surface area contributed by atoms with Gasteiger partial charge in [0.1, 0.15) is 0 Å². The van der Waals surface area contributed by atoms with E-state index in [4.69, 9.17) is 9.84 Å². The lowest BCUT2D eigenvalue weighted by Gasteiger charge is -2.28. The molecular weight excluding hydrogens is 248 g/mol. The van der Waals surface area contributed by atoms with E-state index in [9.17, 15) is 9.59 Å². The van der Waals surface area contributed by atoms with Crippen LogP contribution in [0.15, 0.2) is 0 Å². The summed E-state index contributed by atoms with van der Waals surface area (Å²) in [6.07, 6.45) is 6.67. The highest BCUT2D eigenvalue weighted by molar-refractivity contribution is 5.82. The fourth-order valence-corrected chi connectivity index (χ4v) is 2.40. The second-order valence-corrected chi connectivity index (χ2v) is 5.05. The van der Waals surface area contributed by atoms with Crippen LogP contribution in [0, 0.1) is 0 Å². The second kappa shape index (κ2) is 7.99. The van der Waals surface area contributed by atoms with Gasteiger partial charge in [0.25, 0.3) is 0 Å². The minimum atomic E-state index is -1.08. The molecule has 2 N–H and O–H groups in total. The number of hydrogen-bond acceptors (Lipinski definition) is 3. The number of carboxylic acid groups (broad SMARTS) is 1. The van der Waals surface area contributed by atoms with Crippen LogP contribution in [0.2, 0.25) is 0 Å². The average molecular weight is 272 g/mol. The van der Waals surface area contributed by atoms with Crippen molar-refractivity contribution in [2.45, 2.75) is 50.6 Å². The van der Waals surface area contributed by atoms with Crippen LogP contribution in [0.1, 0.15) is 38.5 Å². The quantitative estimate of drug-likeness (QED) is 0.742. The van der Waals surface area contributed by atoms with E-state index < -0.39 is 12.0 Å². The Morgan fingerprint density at radius 1 is 1.32 bits per heavy atom. The average Bonchev–Trinajstić information content (AvgIpc) is 2.65. The van der Waals surface area contributed by atoms with Crippen molar-refractivity contribution in [3.05, 3.63) is 0 Å². The van der Waals surface area contributed by atoms with Gasteiger partial charge in [0.15, 0.2) is 6.04 Å². The summed E-state index contributed by atoms with van der Waals surface area (Å²) in [7, 11) is 3.15. The molecule has 0 aromatic carbocycles. The Kier molecular flexibility index (Phi) is 6.62. The van der Waals surface area contributed by atoms with E-state index in [1.54, 1.807) is 11.9 Å². The fourth-order valence-electron chi connectivity index (χ4n) is 2.40. The highest BCUT2D eigenvalue weighted by Crippen LogP contribution is 2.21. The minimum Gasteiger partial charge on any atom is -0.480 e. The number of methoxy groups -OCH3 is 1. The first-order valence-corrected chi connectivity index (χ1v) is 6.81. The summed E-state index contributed by atoms with van der Waals surface area (Å²) in [4.78, 5) is 24.6. The Hall–Kier alpha value is -1.30. The topological polar surface area (TPSA) is 78.9 Å². The van der Waals surface area contributed by atoms with Crippen molar-refractivity contribution in [1.29, 1.82) is 0 Å². The smallest absolute Gasteiger partial charge is 0.328 e. The van der Waals surface area contributed by atoms with Crippen molar-refractivity contribution in [2.24, 2.45) is 0 Å². The molecule has 0 spiro atoms. The summed E-state index contributed by atoms with van der Waals surface area (Å²) < 4.78 is 4.80. The van der Waals surface area contributed by atoms with Crippen molar-refractivity contribution in [3.63, 3.8) is 0 Å². The number of hydrogen-bond donors (Lipinski definition) is 2. The van der Waals surface area contributed by atoms with Gasteiger partial charge in [-0.05, 0) is 12.8 Å². The molecule has 2 amide bonds. The first kappa shape index (κ1) is 15.8. The van der Waals surface area contributed by atoms with Crippen LogP contribution in [-0.4, -0.2) is 54.9 Å². The fraction of sp³-hybridized carbons (Fsp3) is 0.846. The molecule has 0 aromatic rings. The van der Waals surface area contributed by atoms with Crippen LogP contribution in [0.3, 0.4) is 0 Å². The number of aliphatic carboxylic acids is 1. The Labute approximate surface area is 114 Å². The van der Waals surface area contributed by atoms with Crippen molar-refractivity contribution in [2.75, 3.05) is 20.8 Å². The highest BCUT2D eigenvalue weighted by atomic mass is 16.5. The van der Waals surface area contributed by atoms with Gasteiger partial charge in [0.05, 0.1) is 6.61 Å². The SMILES string of the molecule is COCC(NC(=O)N(C)C1CCCCCC1)C(=O)O. The monoisotopic (exact) mass is 272 g/mol. The van der Waals surface area contributed by atoms with Crippen molar-refractivity contribution in [1.82, 2.24) is 10.2 Å². The van der Waals surface area contributed by atoms with Crippen LogP contribution in [0.25, 0.3) is 0 Å². The van der Waals surface area contributed by atoms with Crippen molar-refractivity contribution < 1.29 is 19.4 Å². The van der Waals surface area contributed by atoms with Crippen LogP contribution < -0.4 is 5.32 Å². The lowest BCUT2D eigenvalue weighted by molar-refractivity contribution is -0.140. The van der Waals surface area contributed by atoms with E-state index in [1.807, 2.05) is 0 Å². The van der Waals surface area contributed by atoms with E-state index >= 15 is 0 Å². The Morgan fingerprint density at radius 3 is 2.37 bits per heavy atom. The summed E-state index contributed by atoms with van der Waals surface area (Å²) in [5, 5.41) is 11.5. The summed E-state index contributed by atoms with van der Waals surface area (Å²) in [5.74, 6) is -1.08. The molecule has 0 aliphatic heterocycles. The maximum Gasteiger partial charge on any atom is 0.328 e. The zero-order valence-corrected chi connectivity index (χ0v) is 11.7. The maximum absolute atomic E-state index is 12.0. The normalized spacial score (nSPS) is 18.4. The molecule has 1 fully saturated rings. The number of nitrogens with zero attached hydrogens (tertiary/aromatic N) is 1. The Bertz CT molecular complexity index is 301. The Balaban J connectivity index is 2.52. The molecule has 0 heterocycles. The van der Waals surface area contributed by atoms with E-state index in [-0.39, 0.29) is 18.7 Å². The first-order chi connectivity index (χ1) is 9.06. The van der Waals surface area contributed by atoms with E-state index in [0.717, 1.165) is 25.7 Å². The molecule has 0 bridgehead atoms. The van der Waals surface area contributed by atoms with Gasteiger partial charge in [-0.25, -0.2) is 9.59 Å². The molecular formula is C13H24N2O4. The molecule has 1 unspecified atom stereocenters. The van der Waals surface area contributed by atoms with Crippen LogP contribution in [0.5, 0.6) is 0 Å². The predicted octanol–water partition coefficient (Wildman–Crippen LogP) is 1.45. The number of carboxylic acids is 1. The van der Waals surface area contributed by atoms with E-state index in [0.29, 0.717) is 0 Å². The number of ether oxygens (including phenoxy) is 1. The molecule has 1 saturated carbocycles. The minimum absolute atomic E-state index is 0.0282. The van der Waals surface area contributed by atoms with Gasteiger partial charge in [-0.2, -0.15) is 0 Å². The standard InChI is InChI=1S/C13H24N2O4/c1-15(10-7-5-3-4-6-8-10)13(18)14-11(9-19-2)12(16)17/h10-11H,3-9H2,1-2H3,(H,14,18)(H,16,17). The molecule has 110 valence electrons. The van der Waals surface area contributed by atoms with Crippen molar-refractivity contribution in [3.8, 4) is 0 Å². The number of rotatable bonds is 5. The lowest BCUT2D eigenvalue weighted by Crippen LogP contribution is -2.51. The molecule has 6 heteroatoms. The predicted molar refractivity (Wildman–Crippen MR) is 71.1 cm³/mol. The molecule has 1 aliphatic rings. The Morgan fingerprint density at radius 2 is 1.89 bits per heavy atom. The summed E-state index contributed by atoms with van der Waals surface area (Å²) in [5.41, 5.74) is 0. The summed E-state index contributed by atoms with van der Waals surface area (Å²) in [6, 6.07) is -1.12. The molecule has 0 aromatic heterocycles. The summed E-state index contributed by atoms with van der Waals surface area (Å²) in [6.45, 7) is -0.0282. The van der Waals surface area contributed by atoms with Crippen molar-refractivity contribution >= 4 is 12.0 Å². The molecule has 1 aliphatic carbocycles. The van der Waals surface area contributed by atoms with Gasteiger partial charge in [0, 0.05) is 20.2 Å². The third-order valence-corrected chi connectivity index (χ3v) is 3.62. The zero-order chi connectivity index (χ0) is 14.3. The third-order valence-electron chi connectivity index (χ3n) is 3.62. The highest BCUT2D eigenvalue weighted by Gasteiger charge is 2.25. The van der Waals surface area contributed by atoms with Gasteiger partial charge in [-0.1, -0.05) is 25.7 Å². The maximum atomic E-state index is 12.0. The number of carbonyl (C=O) groups is 2. The van der Waals surface area contributed by atoms with Gasteiger partial charge in [0.2, 0.25) is 0 Å². The number of amides is 2. The molecule has 6 nitrogen and oxygen atoms in total. The van der Waals surface area contributed by atoms with E-state index in [2.05, 4.69) is 5.32 Å². The number of urea groups is 1. The molecule has 0 saturated heterocycles. The van der Waals surface area contributed by atoms with Crippen LogP contribution in [-0.2, 0) is 9.53 Å². The number of carbonyl (C=O) groups excluding carboxylic acids is 1. The molecule has 1 atom stereocenters. The number of nitrogens with one attached hydrogen (secondary N) is 1. The second-order valence-electron chi connectivity index (χ2n) is 5.05. The van der Waals surface area contributed by atoms with Gasteiger partial charge in [-0.3, -0.25) is 0 Å². The lowest BCUT2D eigenvalue weighted by atomic mass is 10.1. The zero-order valence-electron chi connectivity index (χ0n) is 11.7. The van der Waals surface area contributed by atoms with Crippen LogP contribution >= 0.6 is 0 Å². The van der Waals surface area contributed by atoms with Gasteiger partial charge >= 0.3 is 12.0 Å². The summed E-state index contributed by atoms with van der Waals surface area (Å²) >= 11 is 0. The van der Waals surface area contributed by atoms with E-state index in [1.165, 1.54) is 20.0 Å². The molecule has 0 radical (unpaired) electrons. The molecule has 1 rings (SSSR count).